The van der Waals surface area contributed by atoms with Gasteiger partial charge in [-0.05, 0) is 20.8 Å². The fourth-order valence-corrected chi connectivity index (χ4v) is 1.68. The highest BCUT2D eigenvalue weighted by Gasteiger charge is 2.19. The van der Waals surface area contributed by atoms with E-state index in [2.05, 4.69) is 8.58 Å². The topological polar surface area (TPSA) is 55.7 Å². The van der Waals surface area contributed by atoms with Crippen molar-refractivity contribution in [2.24, 2.45) is 4.40 Å². The fourth-order valence-electron chi connectivity index (χ4n) is 0.730. The highest BCUT2D eigenvalue weighted by molar-refractivity contribution is 7.85. The van der Waals surface area contributed by atoms with Crippen LogP contribution in [0.15, 0.2) is 15.7 Å². The van der Waals surface area contributed by atoms with Crippen LogP contribution < -0.4 is 0 Å². The van der Waals surface area contributed by atoms with E-state index in [0.717, 1.165) is 5.57 Å². The lowest BCUT2D eigenvalue weighted by molar-refractivity contribution is 0.404. The van der Waals surface area contributed by atoms with Gasteiger partial charge in [0, 0.05) is 5.57 Å². The molecule has 0 atom stereocenters. The van der Waals surface area contributed by atoms with Gasteiger partial charge in [-0.15, -0.1) is 4.40 Å². The van der Waals surface area contributed by atoms with Crippen molar-refractivity contribution >= 4 is 16.0 Å². The molecule has 1 rings (SSSR count). The molecule has 0 unspecified atom stereocenters. The van der Waals surface area contributed by atoms with Crippen LogP contribution in [0.1, 0.15) is 20.8 Å². The molecule has 1 aliphatic rings. The molecule has 0 spiro atoms. The zero-order chi connectivity index (χ0) is 8.65. The summed E-state index contributed by atoms with van der Waals surface area (Å²) in [5.74, 6) is 0.400. The Hall–Kier alpha value is -0.840. The number of hydrogen-bond donors (Lipinski definition) is 0. The average Bonchev–Trinajstić information content (AvgIpc) is 1.81. The Labute approximate surface area is 65.8 Å². The first-order valence-corrected chi connectivity index (χ1v) is 4.48. The summed E-state index contributed by atoms with van der Waals surface area (Å²) in [6.07, 6.45) is 0. The molecule has 0 aromatic heterocycles. The maximum absolute atomic E-state index is 10.8. The van der Waals surface area contributed by atoms with E-state index in [1.54, 1.807) is 20.8 Å². The average molecular weight is 175 g/mol. The Morgan fingerprint density at radius 1 is 1.27 bits per heavy atom. The first kappa shape index (κ1) is 8.26. The highest BCUT2D eigenvalue weighted by Crippen LogP contribution is 2.17. The van der Waals surface area contributed by atoms with Crippen LogP contribution >= 0.6 is 0 Å². The van der Waals surface area contributed by atoms with E-state index < -0.39 is 10.3 Å². The number of nitrogens with zero attached hydrogens (tertiary/aromatic N) is 1. The standard InChI is InChI=1S/C6H9NO3S/c1-4-5(2)7-11(8,9)10-6(4)3/h1-3H3. The highest BCUT2D eigenvalue weighted by atomic mass is 32.2. The monoisotopic (exact) mass is 175 g/mol. The van der Waals surface area contributed by atoms with Gasteiger partial charge >= 0.3 is 10.3 Å². The first-order valence-electron chi connectivity index (χ1n) is 3.11. The van der Waals surface area contributed by atoms with E-state index in [4.69, 9.17) is 0 Å². The summed E-state index contributed by atoms with van der Waals surface area (Å²) in [5.41, 5.74) is 1.27. The lowest BCUT2D eigenvalue weighted by Crippen LogP contribution is -2.13. The van der Waals surface area contributed by atoms with Crippen molar-refractivity contribution < 1.29 is 12.6 Å². The van der Waals surface area contributed by atoms with E-state index in [9.17, 15) is 8.42 Å². The van der Waals surface area contributed by atoms with E-state index in [0.29, 0.717) is 11.5 Å². The van der Waals surface area contributed by atoms with Crippen LogP contribution in [0, 0.1) is 0 Å². The molecule has 1 heterocycles. The maximum atomic E-state index is 10.8. The molecule has 0 bridgehead atoms. The second-order valence-corrected chi connectivity index (χ2v) is 3.57. The summed E-state index contributed by atoms with van der Waals surface area (Å²) in [6.45, 7) is 5.01. The van der Waals surface area contributed by atoms with Crippen LogP contribution in [-0.2, 0) is 14.5 Å². The smallest absolute Gasteiger partial charge is 0.370 e. The molecule has 0 aromatic rings. The molecule has 0 saturated heterocycles. The van der Waals surface area contributed by atoms with E-state index in [1.165, 1.54) is 0 Å². The van der Waals surface area contributed by atoms with Crippen molar-refractivity contribution in [3.8, 4) is 0 Å². The number of allylic oxidation sites excluding steroid dienone is 2. The van der Waals surface area contributed by atoms with Crippen molar-refractivity contribution in [2.45, 2.75) is 20.8 Å². The third-order valence-corrected chi connectivity index (χ3v) is 2.51. The van der Waals surface area contributed by atoms with Crippen LogP contribution in [0.2, 0.25) is 0 Å². The Bertz CT molecular complexity index is 337. The SMILES string of the molecule is CC1=NS(=O)(=O)OC(C)=C1C. The number of hydrogen-bond acceptors (Lipinski definition) is 3. The molecule has 11 heavy (non-hydrogen) atoms. The van der Waals surface area contributed by atoms with Crippen LogP contribution in [0.5, 0.6) is 0 Å². The summed E-state index contributed by atoms with van der Waals surface area (Å²) in [4.78, 5) is 0. The van der Waals surface area contributed by atoms with Gasteiger partial charge in [-0.2, -0.15) is 8.42 Å². The Balaban J connectivity index is 3.22. The largest absolute Gasteiger partial charge is 0.428 e. The minimum Gasteiger partial charge on any atom is -0.370 e. The molecule has 5 heteroatoms. The second-order valence-electron chi connectivity index (χ2n) is 2.37. The molecule has 0 fully saturated rings. The maximum Gasteiger partial charge on any atom is 0.428 e. The fraction of sp³-hybridized carbons (Fsp3) is 0.500. The third kappa shape index (κ3) is 1.59. The molecule has 0 aliphatic carbocycles. The molecule has 0 radical (unpaired) electrons. The molecule has 0 aromatic carbocycles. The number of rotatable bonds is 0. The Morgan fingerprint density at radius 2 is 1.82 bits per heavy atom. The summed E-state index contributed by atoms with van der Waals surface area (Å²) < 4.78 is 29.4. The molecular formula is C6H9NO3S. The van der Waals surface area contributed by atoms with Gasteiger partial charge in [0.2, 0.25) is 0 Å². The lowest BCUT2D eigenvalue weighted by atomic mass is 10.2. The molecule has 62 valence electrons. The van der Waals surface area contributed by atoms with Gasteiger partial charge in [0.25, 0.3) is 0 Å². The van der Waals surface area contributed by atoms with Gasteiger partial charge in [0.1, 0.15) is 5.76 Å². The van der Waals surface area contributed by atoms with Crippen LogP contribution in [0.4, 0.5) is 0 Å². The molecule has 4 nitrogen and oxygen atoms in total. The van der Waals surface area contributed by atoms with Crippen LogP contribution in [-0.4, -0.2) is 14.1 Å². The predicted molar refractivity (Wildman–Crippen MR) is 41.5 cm³/mol. The van der Waals surface area contributed by atoms with Gasteiger partial charge < -0.3 is 4.18 Å². The zero-order valence-electron chi connectivity index (χ0n) is 6.58. The van der Waals surface area contributed by atoms with E-state index in [1.807, 2.05) is 0 Å². The van der Waals surface area contributed by atoms with Crippen LogP contribution in [0.3, 0.4) is 0 Å². The molecular weight excluding hydrogens is 166 g/mol. The van der Waals surface area contributed by atoms with Crippen molar-refractivity contribution in [3.05, 3.63) is 11.3 Å². The normalized spacial score (nSPS) is 22.6. The van der Waals surface area contributed by atoms with Crippen molar-refractivity contribution in [1.82, 2.24) is 0 Å². The minimum atomic E-state index is -3.68. The first-order chi connectivity index (χ1) is 4.92. The van der Waals surface area contributed by atoms with Crippen molar-refractivity contribution in [2.75, 3.05) is 0 Å². The van der Waals surface area contributed by atoms with Crippen molar-refractivity contribution in [1.29, 1.82) is 0 Å². The zero-order valence-corrected chi connectivity index (χ0v) is 7.40. The van der Waals surface area contributed by atoms with Crippen LogP contribution in [0.25, 0.3) is 0 Å². The van der Waals surface area contributed by atoms with E-state index >= 15 is 0 Å². The Morgan fingerprint density at radius 3 is 2.27 bits per heavy atom. The molecule has 0 N–H and O–H groups in total. The van der Waals surface area contributed by atoms with Gasteiger partial charge in [0.05, 0.1) is 5.71 Å². The second kappa shape index (κ2) is 2.34. The quantitative estimate of drug-likeness (QED) is 0.552. The minimum absolute atomic E-state index is 0.400. The molecule has 0 saturated carbocycles. The molecule has 0 amide bonds. The van der Waals surface area contributed by atoms with Crippen molar-refractivity contribution in [3.63, 3.8) is 0 Å². The summed E-state index contributed by atoms with van der Waals surface area (Å²) in [6, 6.07) is 0. The summed E-state index contributed by atoms with van der Waals surface area (Å²) >= 11 is 0. The summed E-state index contributed by atoms with van der Waals surface area (Å²) in [5, 5.41) is 0. The predicted octanol–water partition coefficient (Wildman–Crippen LogP) is 1.02. The van der Waals surface area contributed by atoms with Gasteiger partial charge in [-0.3, -0.25) is 0 Å². The van der Waals surface area contributed by atoms with E-state index in [-0.39, 0.29) is 0 Å². The van der Waals surface area contributed by atoms with Gasteiger partial charge in [-0.1, -0.05) is 0 Å². The molecule has 1 aliphatic heterocycles. The third-order valence-electron chi connectivity index (χ3n) is 1.55. The summed E-state index contributed by atoms with van der Waals surface area (Å²) in [7, 11) is -3.68. The Kier molecular flexibility index (Phi) is 1.75. The lowest BCUT2D eigenvalue weighted by Gasteiger charge is -2.12. The van der Waals surface area contributed by atoms with Gasteiger partial charge in [0.15, 0.2) is 0 Å². The van der Waals surface area contributed by atoms with Gasteiger partial charge in [-0.25, -0.2) is 0 Å².